The summed E-state index contributed by atoms with van der Waals surface area (Å²) in [5, 5.41) is 4.98. The third-order valence-electron chi connectivity index (χ3n) is 1.96. The molecule has 0 saturated heterocycles. The van der Waals surface area contributed by atoms with Gasteiger partial charge in [-0.2, -0.15) is 0 Å². The van der Waals surface area contributed by atoms with Crippen molar-refractivity contribution in [1.82, 2.24) is 10.6 Å². The largest absolute Gasteiger partial charge is 0.358 e. The standard InChI is InChI=1S/C9H18N2O2/c1-4-7(2)5-8(12)11-6-9(13)10-3/h7H,4-6H2,1-3H3,(H,10,13)(H,11,12). The van der Waals surface area contributed by atoms with Gasteiger partial charge in [-0.25, -0.2) is 0 Å². The summed E-state index contributed by atoms with van der Waals surface area (Å²) in [5.41, 5.74) is 0. The summed E-state index contributed by atoms with van der Waals surface area (Å²) >= 11 is 0. The molecule has 4 nitrogen and oxygen atoms in total. The quantitative estimate of drug-likeness (QED) is 0.648. The first-order chi connectivity index (χ1) is 6.10. The molecule has 13 heavy (non-hydrogen) atoms. The van der Waals surface area contributed by atoms with Gasteiger partial charge in [0.15, 0.2) is 0 Å². The van der Waals surface area contributed by atoms with Crippen molar-refractivity contribution in [2.75, 3.05) is 13.6 Å². The van der Waals surface area contributed by atoms with Crippen LogP contribution in [-0.2, 0) is 9.59 Å². The Hall–Kier alpha value is -1.06. The zero-order chi connectivity index (χ0) is 10.3. The van der Waals surface area contributed by atoms with Crippen LogP contribution in [0.1, 0.15) is 26.7 Å². The lowest BCUT2D eigenvalue weighted by molar-refractivity contribution is -0.126. The number of carbonyl (C=O) groups excluding carboxylic acids is 2. The van der Waals surface area contributed by atoms with Crippen LogP contribution in [0.4, 0.5) is 0 Å². The summed E-state index contributed by atoms with van der Waals surface area (Å²) in [4.78, 5) is 21.9. The van der Waals surface area contributed by atoms with Crippen molar-refractivity contribution < 1.29 is 9.59 Å². The van der Waals surface area contributed by atoms with Crippen LogP contribution in [-0.4, -0.2) is 25.4 Å². The molecule has 1 atom stereocenters. The Labute approximate surface area is 79.1 Å². The van der Waals surface area contributed by atoms with E-state index in [-0.39, 0.29) is 18.4 Å². The zero-order valence-corrected chi connectivity index (χ0v) is 8.52. The van der Waals surface area contributed by atoms with Gasteiger partial charge in [0.2, 0.25) is 11.8 Å². The van der Waals surface area contributed by atoms with Crippen molar-refractivity contribution in [2.24, 2.45) is 5.92 Å². The highest BCUT2D eigenvalue weighted by Gasteiger charge is 2.07. The van der Waals surface area contributed by atoms with E-state index >= 15 is 0 Å². The Kier molecular flexibility index (Phi) is 5.93. The fourth-order valence-corrected chi connectivity index (χ4v) is 0.800. The molecule has 2 N–H and O–H groups in total. The number of nitrogens with one attached hydrogen (secondary N) is 2. The number of hydrogen-bond acceptors (Lipinski definition) is 2. The highest BCUT2D eigenvalue weighted by atomic mass is 16.2. The van der Waals surface area contributed by atoms with E-state index < -0.39 is 0 Å². The van der Waals surface area contributed by atoms with Crippen molar-refractivity contribution in [3.63, 3.8) is 0 Å². The van der Waals surface area contributed by atoms with Gasteiger partial charge in [-0.05, 0) is 5.92 Å². The van der Waals surface area contributed by atoms with E-state index in [9.17, 15) is 9.59 Å². The lowest BCUT2D eigenvalue weighted by Crippen LogP contribution is -2.35. The molecule has 1 unspecified atom stereocenters. The van der Waals surface area contributed by atoms with Gasteiger partial charge in [-0.1, -0.05) is 20.3 Å². The molecule has 0 radical (unpaired) electrons. The van der Waals surface area contributed by atoms with Crippen molar-refractivity contribution in [2.45, 2.75) is 26.7 Å². The molecule has 2 amide bonds. The topological polar surface area (TPSA) is 58.2 Å². The van der Waals surface area contributed by atoms with Crippen LogP contribution in [0, 0.1) is 5.92 Å². The molecular weight excluding hydrogens is 168 g/mol. The van der Waals surface area contributed by atoms with E-state index in [2.05, 4.69) is 10.6 Å². The van der Waals surface area contributed by atoms with Crippen LogP contribution in [0.2, 0.25) is 0 Å². The zero-order valence-electron chi connectivity index (χ0n) is 8.52. The van der Waals surface area contributed by atoms with Gasteiger partial charge >= 0.3 is 0 Å². The fraction of sp³-hybridized carbons (Fsp3) is 0.778. The maximum absolute atomic E-state index is 11.1. The van der Waals surface area contributed by atoms with E-state index in [4.69, 9.17) is 0 Å². The molecule has 0 spiro atoms. The molecule has 0 aromatic heterocycles. The van der Waals surface area contributed by atoms with Gasteiger partial charge in [0.25, 0.3) is 0 Å². The number of likely N-dealkylation sites (N-methyl/N-ethyl adjacent to an activating group) is 1. The van der Waals surface area contributed by atoms with Crippen molar-refractivity contribution >= 4 is 11.8 Å². The van der Waals surface area contributed by atoms with Crippen LogP contribution < -0.4 is 10.6 Å². The molecule has 0 aliphatic carbocycles. The molecule has 0 aromatic rings. The second-order valence-electron chi connectivity index (χ2n) is 3.17. The Morgan fingerprint density at radius 1 is 1.31 bits per heavy atom. The van der Waals surface area contributed by atoms with Crippen LogP contribution >= 0.6 is 0 Å². The molecule has 0 heterocycles. The van der Waals surface area contributed by atoms with Crippen LogP contribution in [0.15, 0.2) is 0 Å². The SMILES string of the molecule is CCC(C)CC(=O)NCC(=O)NC. The molecule has 4 heteroatoms. The Bertz CT molecular complexity index is 180. The van der Waals surface area contributed by atoms with Crippen LogP contribution in [0.25, 0.3) is 0 Å². The number of hydrogen-bond donors (Lipinski definition) is 2. The van der Waals surface area contributed by atoms with E-state index in [1.807, 2.05) is 13.8 Å². The number of rotatable bonds is 5. The van der Waals surface area contributed by atoms with Crippen LogP contribution in [0.5, 0.6) is 0 Å². The second-order valence-corrected chi connectivity index (χ2v) is 3.17. The van der Waals surface area contributed by atoms with Gasteiger partial charge in [-0.3, -0.25) is 9.59 Å². The van der Waals surface area contributed by atoms with Gasteiger partial charge in [0.1, 0.15) is 0 Å². The fourth-order valence-electron chi connectivity index (χ4n) is 0.800. The van der Waals surface area contributed by atoms with Gasteiger partial charge in [0, 0.05) is 13.5 Å². The monoisotopic (exact) mass is 186 g/mol. The first-order valence-electron chi connectivity index (χ1n) is 4.57. The summed E-state index contributed by atoms with van der Waals surface area (Å²) in [7, 11) is 1.54. The second kappa shape index (κ2) is 6.46. The van der Waals surface area contributed by atoms with Gasteiger partial charge in [0.05, 0.1) is 6.54 Å². The smallest absolute Gasteiger partial charge is 0.239 e. The van der Waals surface area contributed by atoms with E-state index in [1.165, 1.54) is 0 Å². The summed E-state index contributed by atoms with van der Waals surface area (Å²) in [5.74, 6) is 0.153. The highest BCUT2D eigenvalue weighted by Crippen LogP contribution is 2.04. The molecule has 0 rings (SSSR count). The lowest BCUT2D eigenvalue weighted by Gasteiger charge is -2.08. The summed E-state index contributed by atoms with van der Waals surface area (Å²) < 4.78 is 0. The third-order valence-corrected chi connectivity index (χ3v) is 1.96. The minimum atomic E-state index is -0.169. The van der Waals surface area contributed by atoms with E-state index in [0.717, 1.165) is 6.42 Å². The predicted molar refractivity (Wildman–Crippen MR) is 51.1 cm³/mol. The summed E-state index contributed by atoms with van der Waals surface area (Å²) in [6.45, 7) is 4.13. The highest BCUT2D eigenvalue weighted by molar-refractivity contribution is 5.84. The summed E-state index contributed by atoms with van der Waals surface area (Å²) in [6, 6.07) is 0. The average Bonchev–Trinajstić information content (AvgIpc) is 2.13. The Morgan fingerprint density at radius 3 is 2.38 bits per heavy atom. The maximum atomic E-state index is 11.1. The molecule has 0 fully saturated rings. The number of amides is 2. The molecule has 0 aromatic carbocycles. The van der Waals surface area contributed by atoms with Crippen LogP contribution in [0.3, 0.4) is 0 Å². The molecule has 0 saturated carbocycles. The van der Waals surface area contributed by atoms with Crippen molar-refractivity contribution in [3.8, 4) is 0 Å². The summed E-state index contributed by atoms with van der Waals surface area (Å²) in [6.07, 6.45) is 1.47. The van der Waals surface area contributed by atoms with Crippen molar-refractivity contribution in [3.05, 3.63) is 0 Å². The first kappa shape index (κ1) is 11.9. The minimum Gasteiger partial charge on any atom is -0.358 e. The molecule has 0 bridgehead atoms. The molecule has 0 aliphatic rings. The average molecular weight is 186 g/mol. The minimum absolute atomic E-state index is 0.0575. The Morgan fingerprint density at radius 2 is 1.92 bits per heavy atom. The van der Waals surface area contributed by atoms with Gasteiger partial charge < -0.3 is 10.6 Å². The van der Waals surface area contributed by atoms with Crippen molar-refractivity contribution in [1.29, 1.82) is 0 Å². The molecular formula is C9H18N2O2. The number of carbonyl (C=O) groups is 2. The molecule has 76 valence electrons. The normalized spacial score (nSPS) is 11.9. The lowest BCUT2D eigenvalue weighted by atomic mass is 10.1. The van der Waals surface area contributed by atoms with E-state index in [0.29, 0.717) is 12.3 Å². The predicted octanol–water partition coefficient (Wildman–Crippen LogP) is 0.285. The first-order valence-corrected chi connectivity index (χ1v) is 4.57. The van der Waals surface area contributed by atoms with Gasteiger partial charge in [-0.15, -0.1) is 0 Å². The maximum Gasteiger partial charge on any atom is 0.239 e. The van der Waals surface area contributed by atoms with E-state index in [1.54, 1.807) is 7.05 Å². The Balaban J connectivity index is 3.57. The molecule has 0 aliphatic heterocycles. The third kappa shape index (κ3) is 6.13.